The first-order chi connectivity index (χ1) is 9.06. The molecule has 0 spiro atoms. The molecule has 0 aromatic heterocycles. The van der Waals surface area contributed by atoms with Crippen LogP contribution in [0, 0.1) is 0 Å². The van der Waals surface area contributed by atoms with Crippen LogP contribution in [0.4, 0.5) is 5.69 Å². The van der Waals surface area contributed by atoms with E-state index in [4.69, 9.17) is 11.6 Å². The standard InChI is InChI=1S/C13H12BrClN2O2/c14-9-4-1-7(5-10(9)15)16-11-6-12(18)17(13(11)19)8-2-3-8/h1,4-5,8,11,16H,2-3,6H2. The van der Waals surface area contributed by atoms with E-state index in [2.05, 4.69) is 21.2 Å². The van der Waals surface area contributed by atoms with E-state index in [1.165, 1.54) is 4.90 Å². The predicted octanol–water partition coefficient (Wildman–Crippen LogP) is 2.80. The van der Waals surface area contributed by atoms with Crippen molar-refractivity contribution in [3.05, 3.63) is 27.7 Å². The molecule has 0 radical (unpaired) electrons. The Hall–Kier alpha value is -1.07. The van der Waals surface area contributed by atoms with Crippen molar-refractivity contribution in [2.24, 2.45) is 0 Å². The molecule has 100 valence electrons. The maximum Gasteiger partial charge on any atom is 0.252 e. The number of imide groups is 1. The van der Waals surface area contributed by atoms with Crippen LogP contribution < -0.4 is 5.32 Å². The molecule has 2 fully saturated rings. The van der Waals surface area contributed by atoms with Gasteiger partial charge in [-0.25, -0.2) is 0 Å². The first-order valence-corrected chi connectivity index (χ1v) is 7.31. The number of halogens is 2. The second kappa shape index (κ2) is 4.80. The smallest absolute Gasteiger partial charge is 0.252 e. The van der Waals surface area contributed by atoms with E-state index >= 15 is 0 Å². The molecule has 4 nitrogen and oxygen atoms in total. The number of amides is 2. The third kappa shape index (κ3) is 2.49. The Labute approximate surface area is 124 Å². The van der Waals surface area contributed by atoms with Crippen LogP contribution in [0.2, 0.25) is 5.02 Å². The molecule has 1 aliphatic carbocycles. The van der Waals surface area contributed by atoms with Gasteiger partial charge in [0.15, 0.2) is 0 Å². The molecule has 2 aliphatic rings. The van der Waals surface area contributed by atoms with Crippen molar-refractivity contribution in [2.45, 2.75) is 31.3 Å². The highest BCUT2D eigenvalue weighted by Gasteiger charge is 2.46. The summed E-state index contributed by atoms with van der Waals surface area (Å²) in [6, 6.07) is 5.05. The highest BCUT2D eigenvalue weighted by Crippen LogP contribution is 2.33. The number of anilines is 1. The number of carbonyl (C=O) groups excluding carboxylic acids is 2. The zero-order chi connectivity index (χ0) is 13.6. The summed E-state index contributed by atoms with van der Waals surface area (Å²) in [5, 5.41) is 3.65. The highest BCUT2D eigenvalue weighted by atomic mass is 79.9. The second-order valence-corrected chi connectivity index (χ2v) is 6.12. The highest BCUT2D eigenvalue weighted by molar-refractivity contribution is 9.10. The molecule has 0 bridgehead atoms. The number of likely N-dealkylation sites (tertiary alicyclic amines) is 1. The van der Waals surface area contributed by atoms with E-state index in [0.717, 1.165) is 23.0 Å². The maximum atomic E-state index is 12.2. The van der Waals surface area contributed by atoms with Gasteiger partial charge in [-0.15, -0.1) is 0 Å². The molecule has 6 heteroatoms. The molecule has 1 aliphatic heterocycles. The number of hydrogen-bond donors (Lipinski definition) is 1. The maximum absolute atomic E-state index is 12.2. The van der Waals surface area contributed by atoms with Crippen LogP contribution in [-0.2, 0) is 9.59 Å². The lowest BCUT2D eigenvalue weighted by atomic mass is 10.2. The Morgan fingerprint density at radius 3 is 2.68 bits per heavy atom. The lowest BCUT2D eigenvalue weighted by Gasteiger charge is -2.15. The van der Waals surface area contributed by atoms with Gasteiger partial charge in [0.25, 0.3) is 5.91 Å². The normalized spacial score (nSPS) is 23.1. The molecule has 19 heavy (non-hydrogen) atoms. The average molecular weight is 344 g/mol. The van der Waals surface area contributed by atoms with Gasteiger partial charge in [0.05, 0.1) is 11.4 Å². The van der Waals surface area contributed by atoms with Crippen molar-refractivity contribution in [2.75, 3.05) is 5.32 Å². The fraction of sp³-hybridized carbons (Fsp3) is 0.385. The summed E-state index contributed by atoms with van der Waals surface area (Å²) in [6.07, 6.45) is 2.10. The number of nitrogens with one attached hydrogen (secondary N) is 1. The monoisotopic (exact) mass is 342 g/mol. The minimum atomic E-state index is -0.467. The Morgan fingerprint density at radius 2 is 2.05 bits per heavy atom. The van der Waals surface area contributed by atoms with Crippen LogP contribution in [0.5, 0.6) is 0 Å². The third-order valence-corrected chi connectivity index (χ3v) is 4.59. The van der Waals surface area contributed by atoms with E-state index in [1.807, 2.05) is 12.1 Å². The van der Waals surface area contributed by atoms with E-state index < -0.39 is 6.04 Å². The van der Waals surface area contributed by atoms with Crippen LogP contribution in [0.1, 0.15) is 19.3 Å². The van der Waals surface area contributed by atoms with Crippen molar-refractivity contribution in [3.8, 4) is 0 Å². The minimum Gasteiger partial charge on any atom is -0.373 e. The summed E-state index contributed by atoms with van der Waals surface area (Å²) in [4.78, 5) is 25.4. The average Bonchev–Trinajstić information content (AvgIpc) is 3.13. The first kappa shape index (κ1) is 12.9. The first-order valence-electron chi connectivity index (χ1n) is 6.14. The summed E-state index contributed by atoms with van der Waals surface area (Å²) in [7, 11) is 0. The molecule has 1 N–H and O–H groups in total. The summed E-state index contributed by atoms with van der Waals surface area (Å²) in [5.41, 5.74) is 0.747. The second-order valence-electron chi connectivity index (χ2n) is 4.86. The molecular weight excluding hydrogens is 332 g/mol. The van der Waals surface area contributed by atoms with Gasteiger partial charge in [-0.3, -0.25) is 14.5 Å². The molecular formula is C13H12BrClN2O2. The molecule has 1 unspecified atom stereocenters. The van der Waals surface area contributed by atoms with E-state index in [-0.39, 0.29) is 24.3 Å². The van der Waals surface area contributed by atoms with Gasteiger partial charge in [-0.1, -0.05) is 11.6 Å². The molecule has 1 saturated heterocycles. The van der Waals surface area contributed by atoms with Gasteiger partial charge in [-0.05, 0) is 47.0 Å². The Balaban J connectivity index is 1.74. The van der Waals surface area contributed by atoms with E-state index in [1.54, 1.807) is 6.07 Å². The summed E-state index contributed by atoms with van der Waals surface area (Å²) >= 11 is 9.32. The molecule has 1 aromatic carbocycles. The fourth-order valence-electron chi connectivity index (χ4n) is 2.27. The number of carbonyl (C=O) groups is 2. The molecule has 1 heterocycles. The van der Waals surface area contributed by atoms with Gasteiger partial charge in [0, 0.05) is 16.2 Å². The van der Waals surface area contributed by atoms with Gasteiger partial charge < -0.3 is 5.32 Å². The van der Waals surface area contributed by atoms with Gasteiger partial charge in [0.1, 0.15) is 6.04 Å². The van der Waals surface area contributed by atoms with Crippen molar-refractivity contribution in [1.29, 1.82) is 0 Å². The largest absolute Gasteiger partial charge is 0.373 e. The predicted molar refractivity (Wildman–Crippen MR) is 76.1 cm³/mol. The molecule has 3 rings (SSSR count). The zero-order valence-corrected chi connectivity index (χ0v) is 12.4. The zero-order valence-electron chi connectivity index (χ0n) is 10.0. The van der Waals surface area contributed by atoms with Crippen LogP contribution in [-0.4, -0.2) is 28.8 Å². The third-order valence-electron chi connectivity index (χ3n) is 3.36. The van der Waals surface area contributed by atoms with E-state index in [0.29, 0.717) is 5.02 Å². The number of hydrogen-bond acceptors (Lipinski definition) is 3. The Bertz CT molecular complexity index is 560. The number of benzene rings is 1. The lowest BCUT2D eigenvalue weighted by Crippen LogP contribution is -2.36. The van der Waals surface area contributed by atoms with Crippen LogP contribution >= 0.6 is 27.5 Å². The summed E-state index contributed by atoms with van der Waals surface area (Å²) in [6.45, 7) is 0. The quantitative estimate of drug-likeness (QED) is 0.859. The summed E-state index contributed by atoms with van der Waals surface area (Å²) in [5.74, 6) is -0.195. The summed E-state index contributed by atoms with van der Waals surface area (Å²) < 4.78 is 0.799. The van der Waals surface area contributed by atoms with Crippen molar-refractivity contribution in [1.82, 2.24) is 4.90 Å². The van der Waals surface area contributed by atoms with Crippen LogP contribution in [0.15, 0.2) is 22.7 Å². The molecule has 1 saturated carbocycles. The molecule has 1 atom stereocenters. The van der Waals surface area contributed by atoms with Crippen LogP contribution in [0.25, 0.3) is 0 Å². The van der Waals surface area contributed by atoms with Gasteiger partial charge in [0.2, 0.25) is 5.91 Å². The topological polar surface area (TPSA) is 49.4 Å². The van der Waals surface area contributed by atoms with Gasteiger partial charge in [-0.2, -0.15) is 0 Å². The lowest BCUT2D eigenvalue weighted by molar-refractivity contribution is -0.139. The fourth-order valence-corrected chi connectivity index (χ4v) is 2.69. The van der Waals surface area contributed by atoms with Gasteiger partial charge >= 0.3 is 0 Å². The molecule has 1 aromatic rings. The number of nitrogens with zero attached hydrogens (tertiary/aromatic N) is 1. The van der Waals surface area contributed by atoms with E-state index in [9.17, 15) is 9.59 Å². The molecule has 2 amide bonds. The Morgan fingerprint density at radius 1 is 1.32 bits per heavy atom. The SMILES string of the molecule is O=C1CC(Nc2ccc(Br)c(Cl)c2)C(=O)N1C1CC1. The van der Waals surface area contributed by atoms with Crippen molar-refractivity contribution < 1.29 is 9.59 Å². The Kier molecular flexibility index (Phi) is 3.27. The minimum absolute atomic E-state index is 0.0757. The van der Waals surface area contributed by atoms with Crippen LogP contribution in [0.3, 0.4) is 0 Å². The van der Waals surface area contributed by atoms with Crippen molar-refractivity contribution in [3.63, 3.8) is 0 Å². The number of rotatable bonds is 3. The van der Waals surface area contributed by atoms with Crippen molar-refractivity contribution >= 4 is 45.0 Å².